The molecular formula is C26H12N4S6. The number of rotatable bonds is 4. The summed E-state index contributed by atoms with van der Waals surface area (Å²) in [5.41, 5.74) is 5.99. The van der Waals surface area contributed by atoms with Crippen LogP contribution in [0.15, 0.2) is 71.4 Å². The number of thiophene rings is 4. The highest BCUT2D eigenvalue weighted by atomic mass is 32.1. The standard InChI is InChI=1S/C26H12N4S6/c1-3-19(31-9-1)21-7-5-17(33-21)15-11-13-14(23-25(15)29-35-27-23)12-16(26-24(13)28-36-30-26)18-6-8-22(34-18)20-4-2-10-32-20/h1-12H. The molecule has 0 amide bonds. The molecule has 0 saturated heterocycles. The third kappa shape index (κ3) is 3.26. The molecule has 8 rings (SSSR count). The van der Waals surface area contributed by atoms with E-state index in [4.69, 9.17) is 17.5 Å². The number of aromatic nitrogens is 4. The molecule has 6 aromatic heterocycles. The summed E-state index contributed by atoms with van der Waals surface area (Å²) in [7, 11) is 0. The van der Waals surface area contributed by atoms with Gasteiger partial charge in [-0.2, -0.15) is 17.5 Å². The third-order valence-corrected chi connectivity index (χ3v) is 11.6. The summed E-state index contributed by atoms with van der Waals surface area (Å²) < 4.78 is 19.0. The van der Waals surface area contributed by atoms with Crippen LogP contribution < -0.4 is 0 Å². The second kappa shape index (κ2) is 8.34. The van der Waals surface area contributed by atoms with Crippen LogP contribution in [-0.2, 0) is 0 Å². The van der Waals surface area contributed by atoms with Gasteiger partial charge in [-0.3, -0.25) is 0 Å². The molecule has 4 nitrogen and oxygen atoms in total. The summed E-state index contributed by atoms with van der Waals surface area (Å²) >= 11 is 9.66. The van der Waals surface area contributed by atoms with Crippen LogP contribution in [0.3, 0.4) is 0 Å². The second-order valence-corrected chi connectivity index (χ2v) is 13.3. The van der Waals surface area contributed by atoms with Gasteiger partial charge in [0.25, 0.3) is 0 Å². The average molecular weight is 573 g/mol. The van der Waals surface area contributed by atoms with Crippen molar-refractivity contribution in [3.63, 3.8) is 0 Å². The van der Waals surface area contributed by atoms with Crippen LogP contribution in [0, 0.1) is 0 Å². The molecule has 0 fully saturated rings. The van der Waals surface area contributed by atoms with E-state index in [9.17, 15) is 0 Å². The predicted molar refractivity (Wildman–Crippen MR) is 159 cm³/mol. The number of hydrogen-bond donors (Lipinski definition) is 0. The van der Waals surface area contributed by atoms with E-state index in [1.54, 1.807) is 45.3 Å². The minimum Gasteiger partial charge on any atom is -0.172 e. The van der Waals surface area contributed by atoms with Gasteiger partial charge in [0.2, 0.25) is 0 Å². The van der Waals surface area contributed by atoms with E-state index in [1.807, 2.05) is 0 Å². The minimum absolute atomic E-state index is 0.935. The van der Waals surface area contributed by atoms with E-state index >= 15 is 0 Å². The van der Waals surface area contributed by atoms with E-state index in [0.29, 0.717) is 0 Å². The summed E-state index contributed by atoms with van der Waals surface area (Å²) in [5.74, 6) is 0. The molecular weight excluding hydrogens is 561 g/mol. The molecule has 0 unspecified atom stereocenters. The van der Waals surface area contributed by atoms with Crippen molar-refractivity contribution in [2.75, 3.05) is 0 Å². The zero-order valence-electron chi connectivity index (χ0n) is 18.2. The Morgan fingerprint density at radius 2 is 0.889 bits per heavy atom. The molecule has 0 bridgehead atoms. The van der Waals surface area contributed by atoms with Gasteiger partial charge in [-0.15, -0.1) is 45.3 Å². The molecule has 0 radical (unpaired) electrons. The van der Waals surface area contributed by atoms with Crippen molar-refractivity contribution < 1.29 is 0 Å². The Balaban J connectivity index is 1.36. The third-order valence-electron chi connectivity index (χ3n) is 6.14. The van der Waals surface area contributed by atoms with Gasteiger partial charge in [-0.05, 0) is 59.3 Å². The second-order valence-electron chi connectivity index (χ2n) is 8.15. The lowest BCUT2D eigenvalue weighted by Crippen LogP contribution is -1.86. The lowest BCUT2D eigenvalue weighted by atomic mass is 9.99. The largest absolute Gasteiger partial charge is 0.172 e. The number of hydrogen-bond acceptors (Lipinski definition) is 10. The molecule has 0 saturated carbocycles. The molecule has 10 heteroatoms. The van der Waals surface area contributed by atoms with Crippen LogP contribution in [0.2, 0.25) is 0 Å². The SMILES string of the molecule is c1csc(-c2ccc(-c3cc4c(cc(-c5ccc(-c6cccs6)s5)c5nsnc54)c4nsnc34)s2)c1. The quantitative estimate of drug-likeness (QED) is 0.211. The van der Waals surface area contributed by atoms with Gasteiger partial charge in [-0.25, -0.2) is 0 Å². The zero-order valence-corrected chi connectivity index (χ0v) is 23.1. The number of benzene rings is 2. The van der Waals surface area contributed by atoms with Gasteiger partial charge in [0.05, 0.1) is 23.5 Å². The average Bonchev–Trinajstić information content (AvgIpc) is 3.73. The van der Waals surface area contributed by atoms with Gasteiger partial charge >= 0.3 is 0 Å². The Kier molecular flexibility index (Phi) is 4.92. The molecule has 8 aromatic rings. The maximum Gasteiger partial charge on any atom is 0.114 e. The maximum absolute atomic E-state index is 4.76. The van der Waals surface area contributed by atoms with Crippen molar-refractivity contribution in [3.8, 4) is 40.4 Å². The fourth-order valence-corrected chi connectivity index (χ4v) is 9.36. The van der Waals surface area contributed by atoms with Crippen molar-refractivity contribution in [1.29, 1.82) is 0 Å². The van der Waals surface area contributed by atoms with Crippen LogP contribution in [0.4, 0.5) is 0 Å². The summed E-state index contributed by atoms with van der Waals surface area (Å²) in [6.45, 7) is 0. The predicted octanol–water partition coefficient (Wildman–Crippen LogP) is 9.76. The van der Waals surface area contributed by atoms with Crippen molar-refractivity contribution in [2.24, 2.45) is 0 Å². The first-order valence-corrected chi connectivity index (χ1v) is 15.8. The summed E-state index contributed by atoms with van der Waals surface area (Å²) in [4.78, 5) is 7.49. The van der Waals surface area contributed by atoms with Crippen LogP contribution in [0.5, 0.6) is 0 Å². The van der Waals surface area contributed by atoms with Crippen LogP contribution in [-0.4, -0.2) is 17.5 Å². The van der Waals surface area contributed by atoms with E-state index in [2.05, 4.69) is 71.4 Å². The van der Waals surface area contributed by atoms with Crippen LogP contribution in [0.1, 0.15) is 0 Å². The fourth-order valence-electron chi connectivity index (χ4n) is 4.50. The van der Waals surface area contributed by atoms with Crippen molar-refractivity contribution in [2.45, 2.75) is 0 Å². The van der Waals surface area contributed by atoms with Crippen molar-refractivity contribution >= 4 is 102 Å². The summed E-state index contributed by atoms with van der Waals surface area (Å²) in [5, 5.41) is 6.40. The highest BCUT2D eigenvalue weighted by molar-refractivity contribution is 7.24. The highest BCUT2D eigenvalue weighted by Crippen LogP contribution is 2.45. The van der Waals surface area contributed by atoms with E-state index in [-0.39, 0.29) is 0 Å². The van der Waals surface area contributed by atoms with Crippen LogP contribution in [0.25, 0.3) is 73.2 Å². The number of fused-ring (bicyclic) bond motifs is 5. The van der Waals surface area contributed by atoms with Crippen molar-refractivity contribution in [1.82, 2.24) is 17.5 Å². The molecule has 0 aliphatic rings. The van der Waals surface area contributed by atoms with E-state index < -0.39 is 0 Å². The van der Waals surface area contributed by atoms with Gasteiger partial charge < -0.3 is 0 Å². The Bertz CT molecular complexity index is 1860. The molecule has 6 heterocycles. The monoisotopic (exact) mass is 572 g/mol. The smallest absolute Gasteiger partial charge is 0.114 e. The molecule has 0 aliphatic carbocycles. The molecule has 172 valence electrons. The van der Waals surface area contributed by atoms with Gasteiger partial charge in [0.1, 0.15) is 22.1 Å². The van der Waals surface area contributed by atoms with Gasteiger partial charge in [0, 0.05) is 51.2 Å². The Morgan fingerprint density at radius 3 is 1.33 bits per heavy atom. The lowest BCUT2D eigenvalue weighted by molar-refractivity contribution is 1.65. The molecule has 0 atom stereocenters. The summed E-state index contributed by atoms with van der Waals surface area (Å²) in [6, 6.07) is 21.8. The Morgan fingerprint density at radius 1 is 0.444 bits per heavy atom. The molecule has 0 spiro atoms. The fraction of sp³-hybridized carbons (Fsp3) is 0. The first-order chi connectivity index (χ1) is 17.8. The Hall–Kier alpha value is -2.86. The van der Waals surface area contributed by atoms with E-state index in [0.717, 1.165) is 44.0 Å². The van der Waals surface area contributed by atoms with Crippen LogP contribution >= 0.6 is 68.8 Å². The van der Waals surface area contributed by atoms with Gasteiger partial charge in [0.15, 0.2) is 0 Å². The number of nitrogens with zero attached hydrogens (tertiary/aromatic N) is 4. The van der Waals surface area contributed by atoms with E-state index in [1.165, 1.54) is 52.7 Å². The summed E-state index contributed by atoms with van der Waals surface area (Å²) in [6.07, 6.45) is 0. The Labute approximate surface area is 229 Å². The zero-order chi connectivity index (χ0) is 23.6. The first-order valence-electron chi connectivity index (χ1n) is 11.0. The highest BCUT2D eigenvalue weighted by Gasteiger charge is 2.20. The molecule has 36 heavy (non-hydrogen) atoms. The van der Waals surface area contributed by atoms with Gasteiger partial charge in [-0.1, -0.05) is 12.1 Å². The molecule has 0 N–H and O–H groups in total. The first kappa shape index (κ1) is 21.2. The molecule has 0 aliphatic heterocycles. The topological polar surface area (TPSA) is 51.6 Å². The minimum atomic E-state index is 0.935. The normalized spacial score (nSPS) is 11.9. The molecule has 2 aromatic carbocycles. The maximum atomic E-state index is 4.76. The lowest BCUT2D eigenvalue weighted by Gasteiger charge is -2.07. The van der Waals surface area contributed by atoms with Crippen molar-refractivity contribution in [3.05, 3.63) is 71.4 Å².